The lowest BCUT2D eigenvalue weighted by atomic mass is 10.5. The van der Waals surface area contributed by atoms with Crippen molar-refractivity contribution in [3.63, 3.8) is 0 Å². The van der Waals surface area contributed by atoms with Gasteiger partial charge in [0.2, 0.25) is 0 Å². The zero-order valence-electron chi connectivity index (χ0n) is 4.55. The standard InChI is InChI=1S/C5H6N3/c1-4-2-8-5(6)3-7-4/h2-3,6H,1H3. The predicted octanol–water partition coefficient (Wildman–Crippen LogP) is 0.699. The summed E-state index contributed by atoms with van der Waals surface area (Å²) in [7, 11) is 0. The van der Waals surface area contributed by atoms with Crippen molar-refractivity contribution in [1.29, 1.82) is 0 Å². The van der Waals surface area contributed by atoms with Gasteiger partial charge < -0.3 is 0 Å². The molecule has 0 spiro atoms. The first-order valence-electron chi connectivity index (χ1n) is 2.29. The first kappa shape index (κ1) is 5.03. The van der Waals surface area contributed by atoms with Gasteiger partial charge in [-0.25, -0.2) is 4.98 Å². The molecule has 0 fully saturated rings. The molecule has 0 bridgehead atoms. The van der Waals surface area contributed by atoms with E-state index in [9.17, 15) is 0 Å². The fourth-order valence-electron chi connectivity index (χ4n) is 0.393. The molecular formula is C5H6N3. The van der Waals surface area contributed by atoms with Crippen LogP contribution in [-0.4, -0.2) is 9.97 Å². The number of aryl methyl sites for hydroxylation is 1. The van der Waals surface area contributed by atoms with Crippen LogP contribution in [-0.2, 0) is 0 Å². The van der Waals surface area contributed by atoms with Crippen LogP contribution < -0.4 is 5.73 Å². The molecule has 3 heteroatoms. The number of rotatable bonds is 0. The molecule has 0 aliphatic rings. The Labute approximate surface area is 47.6 Å². The summed E-state index contributed by atoms with van der Waals surface area (Å²) < 4.78 is 0. The summed E-state index contributed by atoms with van der Waals surface area (Å²) in [5.41, 5.74) is 7.77. The number of hydrogen-bond donors (Lipinski definition) is 0. The average molecular weight is 108 g/mol. The average Bonchev–Trinajstić information content (AvgIpc) is 1.77. The van der Waals surface area contributed by atoms with E-state index in [2.05, 4.69) is 9.97 Å². The summed E-state index contributed by atoms with van der Waals surface area (Å²) in [5, 5.41) is 0. The predicted molar refractivity (Wildman–Crippen MR) is 29.5 cm³/mol. The monoisotopic (exact) mass is 108 g/mol. The summed E-state index contributed by atoms with van der Waals surface area (Å²) in [6.07, 6.45) is 3.00. The highest BCUT2D eigenvalue weighted by Crippen LogP contribution is 1.93. The Morgan fingerprint density at radius 2 is 2.12 bits per heavy atom. The van der Waals surface area contributed by atoms with Gasteiger partial charge >= 0.3 is 0 Å². The first-order valence-corrected chi connectivity index (χ1v) is 2.29. The van der Waals surface area contributed by atoms with E-state index < -0.39 is 0 Å². The number of aromatic nitrogens is 2. The lowest BCUT2D eigenvalue weighted by molar-refractivity contribution is 1.10. The lowest BCUT2D eigenvalue weighted by Crippen LogP contribution is -1.82. The molecule has 0 aromatic carbocycles. The molecular weight excluding hydrogens is 102 g/mol. The smallest absolute Gasteiger partial charge is 0.163 e. The molecule has 0 amide bonds. The fourth-order valence-corrected chi connectivity index (χ4v) is 0.393. The third kappa shape index (κ3) is 0.932. The van der Waals surface area contributed by atoms with Crippen molar-refractivity contribution in [1.82, 2.24) is 15.7 Å². The van der Waals surface area contributed by atoms with Crippen molar-refractivity contribution in [3.05, 3.63) is 18.1 Å². The number of nitrogens with zero attached hydrogens (tertiary/aromatic N) is 2. The molecule has 0 unspecified atom stereocenters. The molecule has 1 heterocycles. The zero-order chi connectivity index (χ0) is 5.98. The Kier molecular flexibility index (Phi) is 1.12. The summed E-state index contributed by atoms with van der Waals surface area (Å²) in [4.78, 5) is 7.51. The fraction of sp³-hybridized carbons (Fsp3) is 0.200. The van der Waals surface area contributed by atoms with E-state index in [0.29, 0.717) is 0 Å². The second-order valence-electron chi connectivity index (χ2n) is 1.54. The van der Waals surface area contributed by atoms with Gasteiger partial charge in [0.15, 0.2) is 5.82 Å². The van der Waals surface area contributed by atoms with Crippen LogP contribution in [0.4, 0.5) is 5.82 Å². The highest BCUT2D eigenvalue weighted by Gasteiger charge is 1.84. The van der Waals surface area contributed by atoms with Crippen molar-refractivity contribution in [2.45, 2.75) is 6.92 Å². The van der Waals surface area contributed by atoms with Crippen LogP contribution in [0.2, 0.25) is 0 Å². The molecule has 1 N–H and O–H groups in total. The molecule has 0 saturated carbocycles. The second kappa shape index (κ2) is 1.78. The number of nitrogens with one attached hydrogen (secondary N) is 1. The molecule has 1 rings (SSSR count). The zero-order valence-corrected chi connectivity index (χ0v) is 4.55. The van der Waals surface area contributed by atoms with Crippen molar-refractivity contribution >= 4 is 5.82 Å². The minimum atomic E-state index is 0.218. The van der Waals surface area contributed by atoms with E-state index in [1.54, 1.807) is 6.20 Å². The quantitative estimate of drug-likeness (QED) is 0.491. The first-order chi connectivity index (χ1) is 3.79. The molecule has 1 aromatic heterocycles. The normalized spacial score (nSPS) is 9.12. The Bertz CT molecular complexity index is 147. The van der Waals surface area contributed by atoms with Crippen molar-refractivity contribution in [2.75, 3.05) is 0 Å². The molecule has 1 aromatic rings. The SMILES string of the molecule is Cc1cnc([NH])cn1. The van der Waals surface area contributed by atoms with Crippen LogP contribution in [0.1, 0.15) is 5.69 Å². The van der Waals surface area contributed by atoms with Crippen molar-refractivity contribution < 1.29 is 0 Å². The minimum absolute atomic E-state index is 0.218. The van der Waals surface area contributed by atoms with Crippen LogP contribution in [0.5, 0.6) is 0 Å². The molecule has 41 valence electrons. The largest absolute Gasteiger partial charge is 0.282 e. The van der Waals surface area contributed by atoms with Crippen LogP contribution in [0, 0.1) is 6.92 Å². The number of hydrogen-bond acceptors (Lipinski definition) is 2. The van der Waals surface area contributed by atoms with Crippen LogP contribution >= 0.6 is 0 Å². The summed E-state index contributed by atoms with van der Waals surface area (Å²) in [6.45, 7) is 1.84. The Hall–Kier alpha value is -1.12. The highest BCUT2D eigenvalue weighted by molar-refractivity contribution is 5.17. The topological polar surface area (TPSA) is 49.6 Å². The lowest BCUT2D eigenvalue weighted by Gasteiger charge is -1.87. The maximum Gasteiger partial charge on any atom is 0.163 e. The molecule has 8 heavy (non-hydrogen) atoms. The van der Waals surface area contributed by atoms with Crippen LogP contribution in [0.15, 0.2) is 12.4 Å². The third-order valence-corrected chi connectivity index (χ3v) is 0.781. The van der Waals surface area contributed by atoms with E-state index in [4.69, 9.17) is 5.73 Å². The highest BCUT2D eigenvalue weighted by atomic mass is 14.9. The van der Waals surface area contributed by atoms with E-state index in [0.717, 1.165) is 5.69 Å². The van der Waals surface area contributed by atoms with Crippen LogP contribution in [0.3, 0.4) is 0 Å². The second-order valence-corrected chi connectivity index (χ2v) is 1.54. The van der Waals surface area contributed by atoms with Gasteiger partial charge in [-0.2, -0.15) is 0 Å². The maximum atomic E-state index is 6.92. The molecule has 0 aliphatic heterocycles. The van der Waals surface area contributed by atoms with Gasteiger partial charge in [-0.05, 0) is 6.92 Å². The molecule has 0 aliphatic carbocycles. The van der Waals surface area contributed by atoms with Crippen molar-refractivity contribution in [2.24, 2.45) is 0 Å². The molecule has 0 atom stereocenters. The van der Waals surface area contributed by atoms with Gasteiger partial charge in [0, 0.05) is 0 Å². The summed E-state index contributed by atoms with van der Waals surface area (Å²) in [5.74, 6) is 0.218. The maximum absolute atomic E-state index is 6.92. The summed E-state index contributed by atoms with van der Waals surface area (Å²) in [6, 6.07) is 0. The third-order valence-electron chi connectivity index (χ3n) is 0.781. The molecule has 1 radical (unpaired) electrons. The Morgan fingerprint density at radius 1 is 1.38 bits per heavy atom. The van der Waals surface area contributed by atoms with Crippen LogP contribution in [0.25, 0.3) is 0 Å². The van der Waals surface area contributed by atoms with E-state index in [1.807, 2.05) is 6.92 Å². The van der Waals surface area contributed by atoms with Gasteiger partial charge in [0.1, 0.15) is 0 Å². The minimum Gasteiger partial charge on any atom is -0.282 e. The Morgan fingerprint density at radius 3 is 2.50 bits per heavy atom. The van der Waals surface area contributed by atoms with E-state index in [1.165, 1.54) is 6.20 Å². The van der Waals surface area contributed by atoms with Crippen molar-refractivity contribution in [3.8, 4) is 0 Å². The molecule has 3 nitrogen and oxygen atoms in total. The van der Waals surface area contributed by atoms with Gasteiger partial charge in [0.25, 0.3) is 0 Å². The van der Waals surface area contributed by atoms with Gasteiger partial charge in [-0.1, -0.05) is 0 Å². The van der Waals surface area contributed by atoms with Gasteiger partial charge in [0.05, 0.1) is 18.1 Å². The molecule has 0 saturated heterocycles. The van der Waals surface area contributed by atoms with E-state index >= 15 is 0 Å². The van der Waals surface area contributed by atoms with Gasteiger partial charge in [-0.3, -0.25) is 10.7 Å². The Balaban J connectivity index is 3.03. The van der Waals surface area contributed by atoms with E-state index in [-0.39, 0.29) is 5.82 Å². The summed E-state index contributed by atoms with van der Waals surface area (Å²) >= 11 is 0. The van der Waals surface area contributed by atoms with Gasteiger partial charge in [-0.15, -0.1) is 0 Å².